The lowest BCUT2D eigenvalue weighted by Crippen LogP contribution is -2.57. The Hall–Kier alpha value is -4.03. The number of benzene rings is 2. The first-order valence-electron chi connectivity index (χ1n) is 14.4. The Morgan fingerprint density at radius 2 is 1.93 bits per heavy atom. The third-order valence-electron chi connectivity index (χ3n) is 9.28. The number of rotatable bonds is 9. The number of ether oxygens (including phenoxy) is 2. The Morgan fingerprint density at radius 1 is 1.19 bits per heavy atom. The van der Waals surface area contributed by atoms with Gasteiger partial charge in [0, 0.05) is 5.69 Å². The molecule has 0 saturated carbocycles. The van der Waals surface area contributed by atoms with Crippen LogP contribution in [0.15, 0.2) is 48.5 Å². The fourth-order valence-corrected chi connectivity index (χ4v) is 7.24. The zero-order valence-electron chi connectivity index (χ0n) is 24.1. The molecular formula is C30H36N6O6. The van der Waals surface area contributed by atoms with Crippen molar-refractivity contribution in [3.8, 4) is 5.75 Å². The van der Waals surface area contributed by atoms with E-state index in [1.165, 1.54) is 4.90 Å². The van der Waals surface area contributed by atoms with Crippen molar-refractivity contribution < 1.29 is 29.0 Å². The number of amides is 3. The van der Waals surface area contributed by atoms with Crippen LogP contribution in [0.25, 0.3) is 11.0 Å². The molecule has 6 rings (SSSR count). The fraction of sp³-hybridized carbons (Fsp3) is 0.500. The molecule has 2 aromatic carbocycles. The van der Waals surface area contributed by atoms with Crippen LogP contribution in [0.5, 0.6) is 5.75 Å². The summed E-state index contributed by atoms with van der Waals surface area (Å²) in [5.41, 5.74) is -0.188. The Balaban J connectivity index is 1.31. The van der Waals surface area contributed by atoms with E-state index in [1.54, 1.807) is 35.9 Å². The average molecular weight is 577 g/mol. The van der Waals surface area contributed by atoms with Gasteiger partial charge in [0.25, 0.3) is 0 Å². The van der Waals surface area contributed by atoms with Gasteiger partial charge in [0.15, 0.2) is 0 Å². The normalized spacial score (nSPS) is 30.4. The number of carbonyl (C=O) groups is 3. The second kappa shape index (κ2) is 10.4. The van der Waals surface area contributed by atoms with E-state index in [9.17, 15) is 19.5 Å². The van der Waals surface area contributed by atoms with Crippen LogP contribution in [-0.2, 0) is 25.8 Å². The van der Waals surface area contributed by atoms with Crippen LogP contribution in [0.2, 0.25) is 0 Å². The highest BCUT2D eigenvalue weighted by Crippen LogP contribution is 2.65. The molecule has 12 nitrogen and oxygen atoms in total. The number of likely N-dealkylation sites (tertiary alicyclic amines) is 1. The Morgan fingerprint density at radius 3 is 2.64 bits per heavy atom. The van der Waals surface area contributed by atoms with E-state index in [0.717, 1.165) is 5.52 Å². The molecule has 3 saturated heterocycles. The van der Waals surface area contributed by atoms with Crippen molar-refractivity contribution in [1.29, 1.82) is 0 Å². The van der Waals surface area contributed by atoms with E-state index in [1.807, 2.05) is 45.0 Å². The summed E-state index contributed by atoms with van der Waals surface area (Å²) in [6, 6.07) is 12.7. The van der Waals surface area contributed by atoms with Crippen molar-refractivity contribution in [2.75, 3.05) is 18.5 Å². The topological polar surface area (TPSA) is 148 Å². The van der Waals surface area contributed by atoms with Gasteiger partial charge >= 0.3 is 0 Å². The first-order chi connectivity index (χ1) is 20.1. The number of nitrogens with one attached hydrogen (secondary N) is 2. The molecule has 2 bridgehead atoms. The molecule has 1 spiro atoms. The van der Waals surface area contributed by atoms with E-state index in [0.29, 0.717) is 30.0 Å². The number of para-hydroxylation sites is 1. The van der Waals surface area contributed by atoms with Gasteiger partial charge in [0.05, 0.1) is 42.2 Å². The highest BCUT2D eigenvalue weighted by Gasteiger charge is 2.80. The molecule has 3 aliphatic heterocycles. The van der Waals surface area contributed by atoms with Crippen molar-refractivity contribution in [1.82, 2.24) is 25.2 Å². The first-order valence-corrected chi connectivity index (χ1v) is 14.4. The van der Waals surface area contributed by atoms with Gasteiger partial charge in [-0.25, -0.2) is 4.68 Å². The van der Waals surface area contributed by atoms with Crippen molar-refractivity contribution in [2.24, 2.45) is 17.8 Å². The molecule has 4 heterocycles. The third kappa shape index (κ3) is 4.15. The van der Waals surface area contributed by atoms with Crippen LogP contribution in [0.3, 0.4) is 0 Å². The van der Waals surface area contributed by atoms with Crippen LogP contribution in [0.1, 0.15) is 34.1 Å². The summed E-state index contributed by atoms with van der Waals surface area (Å²) in [7, 11) is 0. The molecule has 12 heteroatoms. The highest BCUT2D eigenvalue weighted by atomic mass is 16.5. The summed E-state index contributed by atoms with van der Waals surface area (Å²) in [5.74, 6) is -2.31. The van der Waals surface area contributed by atoms with Crippen LogP contribution < -0.4 is 15.4 Å². The van der Waals surface area contributed by atoms with E-state index in [4.69, 9.17) is 9.47 Å². The van der Waals surface area contributed by atoms with Crippen molar-refractivity contribution in [3.05, 3.63) is 48.5 Å². The quantitative estimate of drug-likeness (QED) is 0.350. The molecule has 3 unspecified atom stereocenters. The predicted octanol–water partition coefficient (Wildman–Crippen LogP) is 1.93. The van der Waals surface area contributed by atoms with E-state index < -0.39 is 41.0 Å². The number of hydrogen-bond donors (Lipinski definition) is 3. The first kappa shape index (κ1) is 28.1. The molecule has 3 amide bonds. The van der Waals surface area contributed by atoms with Gasteiger partial charge in [0.2, 0.25) is 17.7 Å². The molecule has 3 aromatic rings. The maximum Gasteiger partial charge on any atom is 0.247 e. The molecule has 3 fully saturated rings. The number of fused-ring (bicyclic) bond motifs is 2. The largest absolute Gasteiger partial charge is 0.494 e. The minimum Gasteiger partial charge on any atom is -0.494 e. The number of anilines is 1. The minimum absolute atomic E-state index is 0.0284. The smallest absolute Gasteiger partial charge is 0.247 e. The minimum atomic E-state index is -1.23. The predicted molar refractivity (Wildman–Crippen MR) is 152 cm³/mol. The number of nitrogens with zero attached hydrogens (tertiary/aromatic N) is 4. The summed E-state index contributed by atoms with van der Waals surface area (Å²) in [4.78, 5) is 43.5. The Kier molecular flexibility index (Phi) is 6.93. The molecule has 7 atom stereocenters. The van der Waals surface area contributed by atoms with Crippen LogP contribution in [-0.4, -0.2) is 79.2 Å². The van der Waals surface area contributed by atoms with Crippen molar-refractivity contribution >= 4 is 34.4 Å². The zero-order valence-corrected chi connectivity index (χ0v) is 24.1. The summed E-state index contributed by atoms with van der Waals surface area (Å²) in [5, 5.41) is 24.3. The number of aliphatic hydroxyl groups excluding tert-OH is 1. The summed E-state index contributed by atoms with van der Waals surface area (Å²) >= 11 is 0. The molecule has 222 valence electrons. The number of hydrogen-bond acceptors (Lipinski definition) is 8. The number of carbonyl (C=O) groups excluding carboxylic acids is 3. The lowest BCUT2D eigenvalue weighted by molar-refractivity contribution is -0.149. The van der Waals surface area contributed by atoms with Gasteiger partial charge in [-0.05, 0) is 69.5 Å². The zero-order chi connectivity index (χ0) is 29.8. The summed E-state index contributed by atoms with van der Waals surface area (Å²) in [6.07, 6.45) is 0.422. The molecule has 3 N–H and O–H groups in total. The maximum absolute atomic E-state index is 14.2. The average Bonchev–Trinajstić information content (AvgIpc) is 3.65. The Bertz CT molecular complexity index is 1530. The standard InChI is InChI=1S/C30H36N6O6/c1-5-41-20-12-10-19(11-13-20)32-26(38)23-24-28(40)36(18(3)15-37)25(30(24)14-17(2)29(23,4)42-30)27(39)31-16-35-22-9-7-6-8-21(22)33-34-35/h6-13,17-18,23-25,37H,5,14-16H2,1-4H3,(H,31,39)(H,32,38)/t17?,18-,23+,24+,25?,29-,30?/m1/s1. The third-order valence-corrected chi connectivity index (χ3v) is 9.28. The Labute approximate surface area is 243 Å². The second-order valence-electron chi connectivity index (χ2n) is 11.7. The lowest BCUT2D eigenvalue weighted by Gasteiger charge is -2.36. The highest BCUT2D eigenvalue weighted by molar-refractivity contribution is 6.02. The van der Waals surface area contributed by atoms with Crippen LogP contribution in [0, 0.1) is 17.8 Å². The van der Waals surface area contributed by atoms with E-state index in [2.05, 4.69) is 20.9 Å². The van der Waals surface area contributed by atoms with Gasteiger partial charge in [-0.15, -0.1) is 5.10 Å². The lowest BCUT2D eigenvalue weighted by atomic mass is 9.62. The van der Waals surface area contributed by atoms with Gasteiger partial charge in [0.1, 0.15) is 29.6 Å². The maximum atomic E-state index is 14.2. The fourth-order valence-electron chi connectivity index (χ4n) is 7.24. The molecule has 1 aromatic heterocycles. The summed E-state index contributed by atoms with van der Waals surface area (Å²) < 4.78 is 13.8. The van der Waals surface area contributed by atoms with Crippen molar-refractivity contribution in [3.63, 3.8) is 0 Å². The van der Waals surface area contributed by atoms with E-state index >= 15 is 0 Å². The van der Waals surface area contributed by atoms with Gasteiger partial charge < -0.3 is 30.1 Å². The summed E-state index contributed by atoms with van der Waals surface area (Å²) in [6.45, 7) is 7.64. The molecule has 42 heavy (non-hydrogen) atoms. The number of aliphatic hydroxyl groups is 1. The molecule has 0 aliphatic carbocycles. The van der Waals surface area contributed by atoms with Gasteiger partial charge in [-0.1, -0.05) is 24.3 Å². The SMILES string of the molecule is CCOc1ccc(NC(=O)[C@@H]2[C@H]3C(=O)N([C@H](C)CO)C(C(=O)NCn4nnc5ccccc54)C34CC(C)[C@@]2(C)O4)cc1. The van der Waals surface area contributed by atoms with Crippen molar-refractivity contribution in [2.45, 2.75) is 64.1 Å². The number of aromatic nitrogens is 3. The van der Waals surface area contributed by atoms with Crippen LogP contribution >= 0.6 is 0 Å². The second-order valence-corrected chi connectivity index (χ2v) is 11.7. The monoisotopic (exact) mass is 576 g/mol. The van der Waals surface area contributed by atoms with Gasteiger partial charge in [-0.3, -0.25) is 14.4 Å². The molecule has 3 aliphatic rings. The van der Waals surface area contributed by atoms with Gasteiger partial charge in [-0.2, -0.15) is 0 Å². The molecular weight excluding hydrogens is 540 g/mol. The molecule has 0 radical (unpaired) electrons. The van der Waals surface area contributed by atoms with Crippen LogP contribution in [0.4, 0.5) is 5.69 Å². The van der Waals surface area contributed by atoms with E-state index in [-0.39, 0.29) is 31.0 Å².